The van der Waals surface area contributed by atoms with E-state index >= 15 is 0 Å². The van der Waals surface area contributed by atoms with Crippen LogP contribution >= 0.6 is 0 Å². The molecule has 0 unspecified atom stereocenters. The fourth-order valence-electron chi connectivity index (χ4n) is 0. The molecule has 0 aliphatic rings. The zero-order valence-electron chi connectivity index (χ0n) is 3.28. The first-order valence-electron chi connectivity index (χ1n) is 1.41. The van der Waals surface area contributed by atoms with Crippen LogP contribution < -0.4 is 5.73 Å². The van der Waals surface area contributed by atoms with Gasteiger partial charge in [0.1, 0.15) is 0 Å². The first-order chi connectivity index (χ1) is 1.91. The van der Waals surface area contributed by atoms with Gasteiger partial charge >= 0.3 is 0 Å². The third-order valence-electron chi connectivity index (χ3n) is 0.204. The standard InChI is InChI=1S/C3H8N.Y/c1-2-3-4;/h1-4H2;/q-1;. The fourth-order valence-corrected chi connectivity index (χ4v) is 0. The van der Waals surface area contributed by atoms with Crippen LogP contribution in [0.1, 0.15) is 6.42 Å². The van der Waals surface area contributed by atoms with Crippen molar-refractivity contribution < 1.29 is 32.7 Å². The van der Waals surface area contributed by atoms with Crippen molar-refractivity contribution >= 4 is 0 Å². The molecule has 0 spiro atoms. The monoisotopic (exact) mass is 147 g/mol. The summed E-state index contributed by atoms with van der Waals surface area (Å²) in [5.41, 5.74) is 4.97. The van der Waals surface area contributed by atoms with Crippen molar-refractivity contribution in [3.05, 3.63) is 6.92 Å². The average molecular weight is 147 g/mol. The van der Waals surface area contributed by atoms with E-state index in [1.807, 2.05) is 0 Å². The summed E-state index contributed by atoms with van der Waals surface area (Å²) in [4.78, 5) is 0. The summed E-state index contributed by atoms with van der Waals surface area (Å²) >= 11 is 0. The molecule has 2 heteroatoms. The molecule has 0 aliphatic heterocycles. The molecule has 0 bridgehead atoms. The van der Waals surface area contributed by atoms with Crippen molar-refractivity contribution in [2.24, 2.45) is 5.73 Å². The Bertz CT molecular complexity index is 8.85. The number of nitrogens with two attached hydrogens (primary N) is 1. The van der Waals surface area contributed by atoms with Crippen molar-refractivity contribution in [1.82, 2.24) is 0 Å². The fraction of sp³-hybridized carbons (Fsp3) is 0.667. The number of hydrogen-bond donors (Lipinski definition) is 1. The minimum Gasteiger partial charge on any atom is -0.342 e. The summed E-state index contributed by atoms with van der Waals surface area (Å²) in [6, 6.07) is 0. The molecule has 0 saturated heterocycles. The molecule has 2 N–H and O–H groups in total. The maximum atomic E-state index is 4.97. The van der Waals surface area contributed by atoms with Gasteiger partial charge in [-0.2, -0.15) is 6.42 Å². The molecular weight excluding hydrogens is 139 g/mol. The van der Waals surface area contributed by atoms with E-state index < -0.39 is 0 Å². The van der Waals surface area contributed by atoms with E-state index in [1.54, 1.807) is 0 Å². The summed E-state index contributed by atoms with van der Waals surface area (Å²) in [7, 11) is 0. The van der Waals surface area contributed by atoms with Crippen LogP contribution in [0.5, 0.6) is 0 Å². The van der Waals surface area contributed by atoms with Gasteiger partial charge in [0.05, 0.1) is 0 Å². The molecule has 0 atom stereocenters. The number of hydrogen-bond acceptors (Lipinski definition) is 1. The van der Waals surface area contributed by atoms with Crippen LogP contribution in [-0.4, -0.2) is 6.54 Å². The van der Waals surface area contributed by atoms with Crippen LogP contribution in [0.3, 0.4) is 0 Å². The zero-order chi connectivity index (χ0) is 3.41. The molecule has 1 radical (unpaired) electrons. The number of rotatable bonds is 1. The molecule has 0 aromatic rings. The minimum atomic E-state index is 0. The van der Waals surface area contributed by atoms with Gasteiger partial charge in [0.15, 0.2) is 0 Å². The second-order valence-corrected chi connectivity index (χ2v) is 0.642. The minimum absolute atomic E-state index is 0. The summed E-state index contributed by atoms with van der Waals surface area (Å²) in [6.07, 6.45) is 0.847. The molecule has 0 aromatic heterocycles. The molecular formula is C3H8NY-. The Morgan fingerprint density at radius 2 is 1.80 bits per heavy atom. The van der Waals surface area contributed by atoms with Gasteiger partial charge in [-0.1, -0.05) is 0 Å². The Morgan fingerprint density at radius 3 is 1.80 bits per heavy atom. The first-order valence-corrected chi connectivity index (χ1v) is 1.41. The molecule has 0 aliphatic carbocycles. The maximum Gasteiger partial charge on any atom is 0 e. The van der Waals surface area contributed by atoms with Crippen molar-refractivity contribution in [3.63, 3.8) is 0 Å². The van der Waals surface area contributed by atoms with E-state index in [4.69, 9.17) is 5.73 Å². The third kappa shape index (κ3) is 11.2. The molecule has 0 heterocycles. The molecule has 5 heavy (non-hydrogen) atoms. The van der Waals surface area contributed by atoms with Crippen molar-refractivity contribution in [1.29, 1.82) is 0 Å². The molecule has 0 saturated carbocycles. The molecule has 0 aromatic carbocycles. The normalized spacial score (nSPS) is 6.00. The van der Waals surface area contributed by atoms with Gasteiger partial charge in [-0.15, -0.1) is 0 Å². The Hall–Kier alpha value is 1.06. The van der Waals surface area contributed by atoms with Crippen LogP contribution in [0.15, 0.2) is 0 Å². The second-order valence-electron chi connectivity index (χ2n) is 0.642. The van der Waals surface area contributed by atoms with Crippen LogP contribution in [-0.2, 0) is 32.7 Å². The Balaban J connectivity index is 0. The predicted molar refractivity (Wildman–Crippen MR) is 19.0 cm³/mol. The van der Waals surface area contributed by atoms with Gasteiger partial charge < -0.3 is 12.7 Å². The van der Waals surface area contributed by atoms with Gasteiger partial charge in [0.2, 0.25) is 0 Å². The Kier molecular flexibility index (Phi) is 16.8. The average Bonchev–Trinajstić information content (AvgIpc) is 1.37. The van der Waals surface area contributed by atoms with Gasteiger partial charge in [-0.3, -0.25) is 0 Å². The van der Waals surface area contributed by atoms with Crippen molar-refractivity contribution in [2.75, 3.05) is 6.54 Å². The molecule has 29 valence electrons. The van der Waals surface area contributed by atoms with Gasteiger partial charge in [0.25, 0.3) is 0 Å². The van der Waals surface area contributed by atoms with E-state index in [0.717, 1.165) is 6.42 Å². The molecule has 0 rings (SSSR count). The largest absolute Gasteiger partial charge is 0.342 e. The predicted octanol–water partition coefficient (Wildman–Crippen LogP) is 0.167. The van der Waals surface area contributed by atoms with E-state index in [2.05, 4.69) is 6.92 Å². The molecule has 0 amide bonds. The smallest absolute Gasteiger partial charge is 0 e. The topological polar surface area (TPSA) is 26.0 Å². The maximum absolute atomic E-state index is 4.97. The van der Waals surface area contributed by atoms with Crippen molar-refractivity contribution in [2.45, 2.75) is 6.42 Å². The van der Waals surface area contributed by atoms with Crippen LogP contribution in [0.4, 0.5) is 0 Å². The van der Waals surface area contributed by atoms with Gasteiger partial charge in [-0.05, 0) is 6.54 Å². The van der Waals surface area contributed by atoms with E-state index in [0.29, 0.717) is 6.54 Å². The summed E-state index contributed by atoms with van der Waals surface area (Å²) in [5.74, 6) is 0. The summed E-state index contributed by atoms with van der Waals surface area (Å²) in [6.45, 7) is 4.19. The van der Waals surface area contributed by atoms with E-state index in [1.165, 1.54) is 0 Å². The van der Waals surface area contributed by atoms with E-state index in [9.17, 15) is 0 Å². The van der Waals surface area contributed by atoms with Crippen LogP contribution in [0.2, 0.25) is 0 Å². The Morgan fingerprint density at radius 1 is 1.60 bits per heavy atom. The van der Waals surface area contributed by atoms with Gasteiger partial charge in [0, 0.05) is 32.7 Å². The quantitative estimate of drug-likeness (QED) is 0.525. The molecule has 1 nitrogen and oxygen atoms in total. The Labute approximate surface area is 58.2 Å². The van der Waals surface area contributed by atoms with Crippen molar-refractivity contribution in [3.8, 4) is 0 Å². The zero-order valence-corrected chi connectivity index (χ0v) is 6.11. The SMILES string of the molecule is [CH2-]CCN.[Y]. The molecule has 0 fully saturated rings. The summed E-state index contributed by atoms with van der Waals surface area (Å²) < 4.78 is 0. The van der Waals surface area contributed by atoms with Gasteiger partial charge in [-0.25, -0.2) is 0 Å². The van der Waals surface area contributed by atoms with E-state index in [-0.39, 0.29) is 32.7 Å². The van der Waals surface area contributed by atoms with Crippen LogP contribution in [0, 0.1) is 6.92 Å². The third-order valence-corrected chi connectivity index (χ3v) is 0.204. The summed E-state index contributed by atoms with van der Waals surface area (Å²) in [5, 5.41) is 0. The van der Waals surface area contributed by atoms with Crippen LogP contribution in [0.25, 0.3) is 0 Å². The first kappa shape index (κ1) is 9.42. The second kappa shape index (κ2) is 8.91.